The molecule has 0 aromatic heterocycles. The van der Waals surface area contributed by atoms with E-state index < -0.39 is 23.8 Å². The van der Waals surface area contributed by atoms with Crippen molar-refractivity contribution in [1.82, 2.24) is 5.32 Å². The van der Waals surface area contributed by atoms with Gasteiger partial charge in [0.1, 0.15) is 12.3 Å². The highest BCUT2D eigenvalue weighted by molar-refractivity contribution is 6.03. The van der Waals surface area contributed by atoms with E-state index in [4.69, 9.17) is 4.74 Å². The van der Waals surface area contributed by atoms with E-state index in [9.17, 15) is 22.8 Å². The van der Waals surface area contributed by atoms with Crippen molar-refractivity contribution in [2.75, 3.05) is 11.4 Å². The normalized spacial score (nSPS) is 16.5. The van der Waals surface area contributed by atoms with Crippen molar-refractivity contribution in [1.29, 1.82) is 0 Å². The lowest BCUT2D eigenvalue weighted by molar-refractivity contribution is -0.137. The molecule has 8 heteroatoms. The van der Waals surface area contributed by atoms with Crippen LogP contribution in [0.15, 0.2) is 48.5 Å². The molecule has 27 heavy (non-hydrogen) atoms. The number of hydrogen-bond donors (Lipinski definition) is 1. The standard InChI is InChI=1S/C19H17F3N2O3/c1-12-18(26)24(15-7-2-3-8-16(15)27-12)11-17(25)23-10-13-5-4-6-14(9-13)19(20,21)22/h2-9,12H,10-11H2,1H3,(H,23,25). The summed E-state index contributed by atoms with van der Waals surface area (Å²) >= 11 is 0. The van der Waals surface area contributed by atoms with Gasteiger partial charge >= 0.3 is 6.18 Å². The highest BCUT2D eigenvalue weighted by atomic mass is 19.4. The average Bonchev–Trinajstić information content (AvgIpc) is 2.63. The van der Waals surface area contributed by atoms with Gasteiger partial charge in [-0.2, -0.15) is 13.2 Å². The van der Waals surface area contributed by atoms with Crippen molar-refractivity contribution >= 4 is 17.5 Å². The smallest absolute Gasteiger partial charge is 0.416 e. The van der Waals surface area contributed by atoms with Gasteiger partial charge in [-0.15, -0.1) is 0 Å². The molecule has 0 aliphatic carbocycles. The number of carbonyl (C=O) groups is 2. The number of alkyl halides is 3. The van der Waals surface area contributed by atoms with E-state index in [-0.39, 0.29) is 19.0 Å². The number of hydrogen-bond acceptors (Lipinski definition) is 3. The van der Waals surface area contributed by atoms with E-state index in [1.165, 1.54) is 17.0 Å². The summed E-state index contributed by atoms with van der Waals surface area (Å²) in [6, 6.07) is 11.6. The van der Waals surface area contributed by atoms with E-state index in [2.05, 4.69) is 5.32 Å². The SMILES string of the molecule is CC1Oc2ccccc2N(CC(=O)NCc2cccc(C(F)(F)F)c2)C1=O. The molecule has 1 atom stereocenters. The lowest BCUT2D eigenvalue weighted by Crippen LogP contribution is -2.48. The quantitative estimate of drug-likeness (QED) is 0.889. The predicted molar refractivity (Wildman–Crippen MR) is 92.2 cm³/mol. The lowest BCUT2D eigenvalue weighted by Gasteiger charge is -2.32. The molecular formula is C19H17F3N2O3. The third-order valence-electron chi connectivity index (χ3n) is 4.12. The minimum absolute atomic E-state index is 0.0709. The molecule has 0 saturated heterocycles. The highest BCUT2D eigenvalue weighted by Crippen LogP contribution is 2.33. The van der Waals surface area contributed by atoms with E-state index >= 15 is 0 Å². The molecule has 0 fully saturated rings. The van der Waals surface area contributed by atoms with Gasteiger partial charge in [0.15, 0.2) is 6.10 Å². The molecule has 3 rings (SSSR count). The van der Waals surface area contributed by atoms with Crippen molar-refractivity contribution in [3.8, 4) is 5.75 Å². The zero-order chi connectivity index (χ0) is 19.6. The Hall–Kier alpha value is -3.03. The maximum Gasteiger partial charge on any atom is 0.416 e. The summed E-state index contributed by atoms with van der Waals surface area (Å²) in [6.45, 7) is 1.27. The third kappa shape index (κ3) is 4.21. The van der Waals surface area contributed by atoms with E-state index in [0.29, 0.717) is 17.0 Å². The Morgan fingerprint density at radius 2 is 1.93 bits per heavy atom. The predicted octanol–water partition coefficient (Wildman–Crippen LogP) is 3.14. The molecule has 0 bridgehead atoms. The summed E-state index contributed by atoms with van der Waals surface area (Å²) < 4.78 is 43.8. The minimum atomic E-state index is -4.44. The third-order valence-corrected chi connectivity index (χ3v) is 4.12. The first kappa shape index (κ1) is 18.8. The number of para-hydroxylation sites is 2. The minimum Gasteiger partial charge on any atom is -0.479 e. The van der Waals surface area contributed by atoms with Gasteiger partial charge in [-0.05, 0) is 36.8 Å². The van der Waals surface area contributed by atoms with Gasteiger partial charge in [0, 0.05) is 6.54 Å². The van der Waals surface area contributed by atoms with Crippen LogP contribution in [0.25, 0.3) is 0 Å². The van der Waals surface area contributed by atoms with Crippen LogP contribution in [0.3, 0.4) is 0 Å². The van der Waals surface area contributed by atoms with Crippen molar-refractivity contribution in [2.24, 2.45) is 0 Å². The van der Waals surface area contributed by atoms with Crippen molar-refractivity contribution in [2.45, 2.75) is 25.7 Å². The van der Waals surface area contributed by atoms with Gasteiger partial charge in [0.05, 0.1) is 11.3 Å². The van der Waals surface area contributed by atoms with Crippen LogP contribution in [-0.4, -0.2) is 24.5 Å². The van der Waals surface area contributed by atoms with Crippen molar-refractivity contribution in [3.63, 3.8) is 0 Å². The van der Waals surface area contributed by atoms with Crippen LogP contribution in [0.4, 0.5) is 18.9 Å². The highest BCUT2D eigenvalue weighted by Gasteiger charge is 2.32. The Morgan fingerprint density at radius 3 is 2.67 bits per heavy atom. The molecule has 0 saturated carbocycles. The second-order valence-corrected chi connectivity index (χ2v) is 6.13. The Balaban J connectivity index is 1.67. The summed E-state index contributed by atoms with van der Waals surface area (Å²) in [5.74, 6) is -0.345. The van der Waals surface area contributed by atoms with Crippen LogP contribution in [0, 0.1) is 0 Å². The van der Waals surface area contributed by atoms with Crippen LogP contribution < -0.4 is 15.0 Å². The molecule has 1 unspecified atom stereocenters. The van der Waals surface area contributed by atoms with E-state index in [0.717, 1.165) is 12.1 Å². The number of amides is 2. The van der Waals surface area contributed by atoms with E-state index in [1.54, 1.807) is 31.2 Å². The first-order valence-electron chi connectivity index (χ1n) is 8.25. The lowest BCUT2D eigenvalue weighted by atomic mass is 10.1. The molecule has 2 amide bonds. The van der Waals surface area contributed by atoms with Gasteiger partial charge < -0.3 is 10.1 Å². The molecule has 1 N–H and O–H groups in total. The zero-order valence-electron chi connectivity index (χ0n) is 14.4. The summed E-state index contributed by atoms with van der Waals surface area (Å²) in [7, 11) is 0. The summed E-state index contributed by atoms with van der Waals surface area (Å²) in [6.07, 6.45) is -5.17. The number of ether oxygens (including phenoxy) is 1. The monoisotopic (exact) mass is 378 g/mol. The molecule has 2 aromatic rings. The molecule has 1 heterocycles. The maximum absolute atomic E-state index is 12.8. The Morgan fingerprint density at radius 1 is 1.19 bits per heavy atom. The Kier molecular flexibility index (Phi) is 5.07. The molecule has 1 aliphatic heterocycles. The fourth-order valence-corrected chi connectivity index (χ4v) is 2.78. The van der Waals surface area contributed by atoms with Gasteiger partial charge in [0.2, 0.25) is 5.91 Å². The first-order chi connectivity index (χ1) is 12.8. The second-order valence-electron chi connectivity index (χ2n) is 6.13. The van der Waals surface area contributed by atoms with Crippen LogP contribution in [0.5, 0.6) is 5.75 Å². The molecule has 0 spiro atoms. The number of nitrogens with zero attached hydrogens (tertiary/aromatic N) is 1. The first-order valence-corrected chi connectivity index (χ1v) is 8.25. The number of halogens is 3. The van der Waals surface area contributed by atoms with Gasteiger partial charge in [-0.3, -0.25) is 14.5 Å². The largest absolute Gasteiger partial charge is 0.479 e. The maximum atomic E-state index is 12.8. The molecule has 142 valence electrons. The summed E-state index contributed by atoms with van der Waals surface area (Å²) in [5, 5.41) is 2.55. The summed E-state index contributed by atoms with van der Waals surface area (Å²) in [4.78, 5) is 25.9. The molecular weight excluding hydrogens is 361 g/mol. The van der Waals surface area contributed by atoms with Crippen molar-refractivity contribution in [3.05, 3.63) is 59.7 Å². The van der Waals surface area contributed by atoms with Gasteiger partial charge in [-0.25, -0.2) is 0 Å². The summed E-state index contributed by atoms with van der Waals surface area (Å²) in [5.41, 5.74) is 0.0235. The Labute approximate surface area is 153 Å². The second kappa shape index (κ2) is 7.30. The van der Waals surface area contributed by atoms with Crippen LogP contribution >= 0.6 is 0 Å². The fraction of sp³-hybridized carbons (Fsp3) is 0.263. The number of nitrogens with one attached hydrogen (secondary N) is 1. The van der Waals surface area contributed by atoms with Gasteiger partial charge in [0.25, 0.3) is 5.91 Å². The number of rotatable bonds is 4. The van der Waals surface area contributed by atoms with Crippen molar-refractivity contribution < 1.29 is 27.5 Å². The number of anilines is 1. The zero-order valence-corrected chi connectivity index (χ0v) is 14.4. The molecule has 1 aliphatic rings. The number of carbonyl (C=O) groups excluding carboxylic acids is 2. The molecule has 2 aromatic carbocycles. The fourth-order valence-electron chi connectivity index (χ4n) is 2.78. The van der Waals surface area contributed by atoms with Crippen LogP contribution in [-0.2, 0) is 22.3 Å². The molecule has 5 nitrogen and oxygen atoms in total. The van der Waals surface area contributed by atoms with Crippen LogP contribution in [0.2, 0.25) is 0 Å². The number of fused-ring (bicyclic) bond motifs is 1. The average molecular weight is 378 g/mol. The van der Waals surface area contributed by atoms with Crippen LogP contribution in [0.1, 0.15) is 18.1 Å². The Bertz CT molecular complexity index is 867. The van der Waals surface area contributed by atoms with Gasteiger partial charge in [-0.1, -0.05) is 24.3 Å². The molecule has 0 radical (unpaired) electrons. The van der Waals surface area contributed by atoms with E-state index in [1.807, 2.05) is 0 Å². The number of benzene rings is 2. The topological polar surface area (TPSA) is 58.6 Å².